The number of pyridine rings is 1. The van der Waals surface area contributed by atoms with E-state index in [0.29, 0.717) is 24.7 Å². The number of hydrogen-bond donors (Lipinski definition) is 0. The Morgan fingerprint density at radius 1 is 1.03 bits per heavy atom. The maximum Gasteiger partial charge on any atom is 0.259 e. The maximum atomic E-state index is 5.40. The summed E-state index contributed by atoms with van der Waals surface area (Å²) in [5.74, 6) is 2.65. The standard InChI is InChI=1S/C20H20N6O3/c1-13-17(24-29-23-13)12-26(2)19-9-6-15(11-21-19)20-22-18(25-28-20)10-14-4-7-16(27-3)8-5-14/h4-9,11H,10,12H2,1-3H3. The molecule has 0 aliphatic rings. The molecule has 0 fully saturated rings. The van der Waals surface area contributed by atoms with Gasteiger partial charge >= 0.3 is 0 Å². The second kappa shape index (κ2) is 8.09. The average Bonchev–Trinajstić information content (AvgIpc) is 3.38. The molecule has 9 nitrogen and oxygen atoms in total. The number of aryl methyl sites for hydroxylation is 1. The lowest BCUT2D eigenvalue weighted by atomic mass is 10.1. The van der Waals surface area contributed by atoms with Crippen LogP contribution in [0, 0.1) is 6.92 Å². The molecule has 1 aromatic carbocycles. The van der Waals surface area contributed by atoms with E-state index in [2.05, 4.69) is 25.4 Å². The van der Waals surface area contributed by atoms with Crippen molar-refractivity contribution in [3.8, 4) is 17.2 Å². The fourth-order valence-corrected chi connectivity index (χ4v) is 2.81. The fourth-order valence-electron chi connectivity index (χ4n) is 2.81. The van der Waals surface area contributed by atoms with Crippen LogP contribution in [-0.2, 0) is 13.0 Å². The molecule has 0 amide bonds. The second-order valence-electron chi connectivity index (χ2n) is 6.60. The van der Waals surface area contributed by atoms with Crippen LogP contribution in [0.15, 0.2) is 51.7 Å². The van der Waals surface area contributed by atoms with Gasteiger partial charge in [-0.1, -0.05) is 27.6 Å². The van der Waals surface area contributed by atoms with Crippen LogP contribution >= 0.6 is 0 Å². The van der Waals surface area contributed by atoms with E-state index in [1.165, 1.54) is 0 Å². The topological polar surface area (TPSA) is 103 Å². The van der Waals surface area contributed by atoms with Crippen LogP contribution in [0.1, 0.15) is 22.8 Å². The van der Waals surface area contributed by atoms with Crippen LogP contribution in [0.3, 0.4) is 0 Å². The Labute approximate surface area is 167 Å². The largest absolute Gasteiger partial charge is 0.497 e. The van der Waals surface area contributed by atoms with Gasteiger partial charge in [-0.3, -0.25) is 0 Å². The summed E-state index contributed by atoms with van der Waals surface area (Å²) in [6.07, 6.45) is 2.29. The monoisotopic (exact) mass is 392 g/mol. The lowest BCUT2D eigenvalue weighted by Gasteiger charge is -2.16. The van der Waals surface area contributed by atoms with Gasteiger partial charge in [0, 0.05) is 19.7 Å². The van der Waals surface area contributed by atoms with E-state index in [1.807, 2.05) is 55.3 Å². The van der Waals surface area contributed by atoms with Crippen molar-refractivity contribution in [2.45, 2.75) is 19.9 Å². The number of anilines is 1. The Kier molecular flexibility index (Phi) is 5.19. The van der Waals surface area contributed by atoms with Crippen molar-refractivity contribution < 1.29 is 13.9 Å². The Morgan fingerprint density at radius 3 is 2.52 bits per heavy atom. The van der Waals surface area contributed by atoms with E-state index < -0.39 is 0 Å². The van der Waals surface area contributed by atoms with E-state index >= 15 is 0 Å². The molecule has 0 bridgehead atoms. The van der Waals surface area contributed by atoms with Gasteiger partial charge in [0.2, 0.25) is 0 Å². The van der Waals surface area contributed by atoms with Crippen molar-refractivity contribution in [3.05, 3.63) is 65.4 Å². The summed E-state index contributed by atoms with van der Waals surface area (Å²) in [6.45, 7) is 2.41. The van der Waals surface area contributed by atoms with E-state index in [0.717, 1.165) is 34.1 Å². The van der Waals surface area contributed by atoms with Gasteiger partial charge in [-0.15, -0.1) is 0 Å². The lowest BCUT2D eigenvalue weighted by Crippen LogP contribution is -2.18. The Balaban J connectivity index is 1.43. The molecule has 0 atom stereocenters. The molecule has 0 N–H and O–H groups in total. The highest BCUT2D eigenvalue weighted by Gasteiger charge is 2.13. The molecule has 0 saturated heterocycles. The number of nitrogens with zero attached hydrogens (tertiary/aromatic N) is 6. The Bertz CT molecular complexity index is 1070. The quantitative estimate of drug-likeness (QED) is 0.469. The number of rotatable bonds is 7. The van der Waals surface area contributed by atoms with E-state index in [9.17, 15) is 0 Å². The normalized spacial score (nSPS) is 10.9. The average molecular weight is 392 g/mol. The van der Waals surface area contributed by atoms with Gasteiger partial charge in [0.25, 0.3) is 5.89 Å². The molecule has 0 radical (unpaired) electrons. The van der Waals surface area contributed by atoms with Gasteiger partial charge in [-0.05, 0) is 36.8 Å². The van der Waals surface area contributed by atoms with Crippen molar-refractivity contribution in [2.75, 3.05) is 19.1 Å². The van der Waals surface area contributed by atoms with E-state index in [1.54, 1.807) is 13.3 Å². The van der Waals surface area contributed by atoms with Crippen molar-refractivity contribution in [1.29, 1.82) is 0 Å². The third kappa shape index (κ3) is 4.23. The zero-order valence-corrected chi connectivity index (χ0v) is 16.4. The van der Waals surface area contributed by atoms with Crippen molar-refractivity contribution in [1.82, 2.24) is 25.4 Å². The molecule has 0 aliphatic carbocycles. The molecule has 3 aromatic heterocycles. The fraction of sp³-hybridized carbons (Fsp3) is 0.250. The molecule has 0 unspecified atom stereocenters. The summed E-state index contributed by atoms with van der Waals surface area (Å²) in [5, 5.41) is 11.8. The second-order valence-corrected chi connectivity index (χ2v) is 6.60. The van der Waals surface area contributed by atoms with Gasteiger partial charge in [0.1, 0.15) is 23.0 Å². The number of methoxy groups -OCH3 is 1. The van der Waals surface area contributed by atoms with Gasteiger partial charge in [-0.25, -0.2) is 9.61 Å². The molecule has 0 spiro atoms. The Hall–Kier alpha value is -3.75. The maximum absolute atomic E-state index is 5.40. The number of hydrogen-bond acceptors (Lipinski definition) is 9. The first kappa shape index (κ1) is 18.6. The molecule has 29 heavy (non-hydrogen) atoms. The highest BCUT2D eigenvalue weighted by atomic mass is 16.6. The first-order valence-corrected chi connectivity index (χ1v) is 9.03. The van der Waals surface area contributed by atoms with Crippen LogP contribution in [0.2, 0.25) is 0 Å². The third-order valence-corrected chi connectivity index (χ3v) is 4.51. The summed E-state index contributed by atoms with van der Waals surface area (Å²) in [5.41, 5.74) is 3.38. The van der Waals surface area contributed by atoms with E-state index in [-0.39, 0.29) is 0 Å². The van der Waals surface area contributed by atoms with Crippen molar-refractivity contribution in [3.63, 3.8) is 0 Å². The summed E-state index contributed by atoms with van der Waals surface area (Å²) in [4.78, 5) is 10.9. The van der Waals surface area contributed by atoms with Gasteiger partial charge < -0.3 is 14.2 Å². The molecule has 3 heterocycles. The zero-order chi connectivity index (χ0) is 20.2. The summed E-state index contributed by atoms with van der Waals surface area (Å²) in [7, 11) is 3.57. The van der Waals surface area contributed by atoms with Gasteiger partial charge in [0.05, 0.1) is 19.2 Å². The molecular weight excluding hydrogens is 372 g/mol. The van der Waals surface area contributed by atoms with Crippen molar-refractivity contribution >= 4 is 5.82 Å². The summed E-state index contributed by atoms with van der Waals surface area (Å²) in [6, 6.07) is 11.6. The molecule has 0 saturated carbocycles. The van der Waals surface area contributed by atoms with Crippen LogP contribution in [0.25, 0.3) is 11.5 Å². The zero-order valence-electron chi connectivity index (χ0n) is 16.4. The molecule has 148 valence electrons. The van der Waals surface area contributed by atoms with Crippen molar-refractivity contribution in [2.24, 2.45) is 0 Å². The van der Waals surface area contributed by atoms with Crippen LogP contribution in [0.5, 0.6) is 5.75 Å². The number of ether oxygens (including phenoxy) is 1. The third-order valence-electron chi connectivity index (χ3n) is 4.51. The smallest absolute Gasteiger partial charge is 0.259 e. The van der Waals surface area contributed by atoms with Crippen LogP contribution in [0.4, 0.5) is 5.82 Å². The highest BCUT2D eigenvalue weighted by Crippen LogP contribution is 2.21. The molecule has 4 rings (SSSR count). The molecule has 0 aliphatic heterocycles. The first-order valence-electron chi connectivity index (χ1n) is 9.03. The molecule has 4 aromatic rings. The predicted molar refractivity (Wildman–Crippen MR) is 104 cm³/mol. The van der Waals surface area contributed by atoms with E-state index in [4.69, 9.17) is 13.9 Å². The molecular formula is C20H20N6O3. The predicted octanol–water partition coefficient (Wildman–Crippen LogP) is 3.06. The lowest BCUT2D eigenvalue weighted by molar-refractivity contribution is 0.301. The van der Waals surface area contributed by atoms with Gasteiger partial charge in [0.15, 0.2) is 5.82 Å². The first-order chi connectivity index (χ1) is 14.1. The molecule has 9 heteroatoms. The SMILES string of the molecule is COc1ccc(Cc2noc(-c3ccc(N(C)Cc4nonc4C)nc3)n2)cc1. The number of benzene rings is 1. The summed E-state index contributed by atoms with van der Waals surface area (Å²) < 4.78 is 15.3. The highest BCUT2D eigenvalue weighted by molar-refractivity contribution is 5.54. The number of aromatic nitrogens is 5. The van der Waals surface area contributed by atoms with Crippen LogP contribution < -0.4 is 9.64 Å². The minimum absolute atomic E-state index is 0.437. The van der Waals surface area contributed by atoms with Crippen LogP contribution in [-0.4, -0.2) is 39.6 Å². The minimum atomic E-state index is 0.437. The van der Waals surface area contributed by atoms with Gasteiger partial charge in [-0.2, -0.15) is 4.98 Å². The summed E-state index contributed by atoms with van der Waals surface area (Å²) >= 11 is 0. The Morgan fingerprint density at radius 2 is 1.86 bits per heavy atom. The minimum Gasteiger partial charge on any atom is -0.497 e.